The molecule has 18 heteroatoms. The molecule has 0 amide bonds. The van der Waals surface area contributed by atoms with Crippen molar-refractivity contribution in [1.82, 2.24) is 10.6 Å². The van der Waals surface area contributed by atoms with Crippen LogP contribution in [-0.2, 0) is 58.9 Å². The average molecular weight is 1170 g/mol. The summed E-state index contributed by atoms with van der Waals surface area (Å²) in [6.45, 7) is -0.774. The monoisotopic (exact) mass is 1170 g/mol. The number of benzene rings is 8. The first-order valence-corrected chi connectivity index (χ1v) is 30.1. The third kappa shape index (κ3) is 14.8. The first kappa shape index (κ1) is 61.5. The van der Waals surface area contributed by atoms with Crippen molar-refractivity contribution in [2.45, 2.75) is 71.5 Å². The number of hydrogen-bond donors (Lipinski definition) is 6. The Bertz CT molecular complexity index is 3240. The molecule has 4 unspecified atom stereocenters. The average Bonchev–Trinajstić information content (AvgIpc) is 1.34. The molecule has 4 atom stereocenters. The van der Waals surface area contributed by atoms with Gasteiger partial charge in [0.2, 0.25) is 0 Å². The maximum atomic E-state index is 13.3. The highest BCUT2D eigenvalue weighted by molar-refractivity contribution is 7.87. The Kier molecular flexibility index (Phi) is 20.6. The summed E-state index contributed by atoms with van der Waals surface area (Å²) in [6.07, 6.45) is -0.918. The summed E-state index contributed by atoms with van der Waals surface area (Å²) >= 11 is 0. The van der Waals surface area contributed by atoms with Crippen LogP contribution in [0.1, 0.15) is 71.9 Å². The number of hydrogen-bond acceptors (Lipinski definition) is 12. The molecule has 0 saturated heterocycles. The number of aliphatic carboxylic acids is 4. The maximum Gasteiger partial charge on any atom is 0.320 e. The van der Waals surface area contributed by atoms with E-state index in [1.54, 1.807) is 0 Å². The van der Waals surface area contributed by atoms with Gasteiger partial charge in [0, 0.05) is 0 Å². The van der Waals surface area contributed by atoms with Crippen LogP contribution in [-0.4, -0.2) is 86.4 Å². The zero-order chi connectivity index (χ0) is 59.7. The normalized spacial score (nSPS) is 13.5. The molecule has 0 spiro atoms. The van der Waals surface area contributed by atoms with Crippen LogP contribution in [0.15, 0.2) is 240 Å². The minimum absolute atomic E-state index is 0.0319. The Balaban J connectivity index is 0.853. The second-order valence-electron chi connectivity index (χ2n) is 20.2. The molecule has 16 nitrogen and oxygen atoms in total. The molecule has 0 aromatic heterocycles. The topological polar surface area (TPSA) is 260 Å². The lowest BCUT2D eigenvalue weighted by atomic mass is 9.76. The van der Waals surface area contributed by atoms with Gasteiger partial charge in [0.05, 0.1) is 45.9 Å². The van der Waals surface area contributed by atoms with Gasteiger partial charge in [0.25, 0.3) is 20.2 Å². The third-order valence-corrected chi connectivity index (χ3v) is 17.5. The quantitative estimate of drug-likeness (QED) is 0.0134. The summed E-state index contributed by atoms with van der Waals surface area (Å²) in [4.78, 5) is 51.0. The standard InChI is InChI=1S/C66H64N2O14S2/c69-61(70)49(45-59(63(73)74)67-65(51-23-7-1-8-24-51,52-25-9-2-10-26-52)53-27-11-3-12-28-53)21-19-43-81-83(77,78)57-39-35-47(36-40-57)48-37-41-58(42-38-48)84(79,80)82-44-20-22-50(62(71)72)46-60(64(75)76)68-66(54-29-13-4-14-30-54,55-31-15-5-16-32-55)56-33-17-6-18-34-56/h1-18,23-42,49-50,59-60,67-68H,19-22,43-46H2,(H,69,70)(H,71,72)(H,73,74)(H,75,76). The first-order chi connectivity index (χ1) is 40.4. The Morgan fingerprint density at radius 2 is 0.595 bits per heavy atom. The lowest BCUT2D eigenvalue weighted by Gasteiger charge is -2.39. The number of carboxylic acids is 4. The number of rotatable bonds is 31. The van der Waals surface area contributed by atoms with Gasteiger partial charge in [-0.25, -0.2) is 0 Å². The highest BCUT2D eigenvalue weighted by Crippen LogP contribution is 2.40. The van der Waals surface area contributed by atoms with Crippen molar-refractivity contribution in [1.29, 1.82) is 0 Å². The molecule has 0 bridgehead atoms. The molecule has 0 heterocycles. The zero-order valence-corrected chi connectivity index (χ0v) is 47.2. The van der Waals surface area contributed by atoms with Crippen molar-refractivity contribution in [3.8, 4) is 11.1 Å². The number of carbonyl (C=O) groups is 4. The second-order valence-corrected chi connectivity index (χ2v) is 23.4. The van der Waals surface area contributed by atoms with Crippen molar-refractivity contribution in [3.63, 3.8) is 0 Å². The van der Waals surface area contributed by atoms with Gasteiger partial charge in [0.15, 0.2) is 0 Å². The lowest BCUT2D eigenvalue weighted by molar-refractivity contribution is -0.146. The molecule has 6 N–H and O–H groups in total. The fourth-order valence-electron chi connectivity index (χ4n) is 10.6. The SMILES string of the molecule is O=C(O)C(CCCOS(=O)(=O)c1ccc(-c2ccc(S(=O)(=O)OCCCC(CC(NC(c3ccccc3)(c3ccccc3)c3ccccc3)C(=O)O)C(=O)O)cc2)cc1)CC(NC(c1ccccc1)(c1ccccc1)c1ccccc1)C(=O)O. The van der Waals surface area contributed by atoms with E-state index in [4.69, 9.17) is 8.37 Å². The minimum atomic E-state index is -4.34. The van der Waals surface area contributed by atoms with E-state index in [9.17, 15) is 56.4 Å². The summed E-state index contributed by atoms with van der Waals surface area (Å²) in [5, 5.41) is 48.6. The lowest BCUT2D eigenvalue weighted by Crippen LogP contribution is -2.53. The summed E-state index contributed by atoms with van der Waals surface area (Å²) in [5.74, 6) is -7.43. The Hall–Kier alpha value is -8.62. The van der Waals surface area contributed by atoms with Gasteiger partial charge in [-0.3, -0.25) is 38.2 Å². The molecule has 0 aliphatic carbocycles. The van der Waals surface area contributed by atoms with Crippen LogP contribution in [0.2, 0.25) is 0 Å². The van der Waals surface area contributed by atoms with E-state index in [1.807, 2.05) is 182 Å². The van der Waals surface area contributed by atoms with Crippen LogP contribution in [0.5, 0.6) is 0 Å². The fourth-order valence-corrected chi connectivity index (χ4v) is 12.5. The van der Waals surface area contributed by atoms with Crippen molar-refractivity contribution in [2.75, 3.05) is 13.2 Å². The van der Waals surface area contributed by atoms with Crippen molar-refractivity contribution < 1.29 is 64.8 Å². The predicted molar refractivity (Wildman–Crippen MR) is 316 cm³/mol. The highest BCUT2D eigenvalue weighted by Gasteiger charge is 2.43. The highest BCUT2D eigenvalue weighted by atomic mass is 32.2. The van der Waals surface area contributed by atoms with E-state index in [1.165, 1.54) is 48.5 Å². The Morgan fingerprint density at radius 3 is 0.810 bits per heavy atom. The minimum Gasteiger partial charge on any atom is -0.481 e. The van der Waals surface area contributed by atoms with Crippen LogP contribution < -0.4 is 10.6 Å². The molecule has 0 radical (unpaired) electrons. The molecule has 0 saturated carbocycles. The maximum absolute atomic E-state index is 13.3. The van der Waals surface area contributed by atoms with Gasteiger partial charge < -0.3 is 20.4 Å². The predicted octanol–water partition coefficient (Wildman–Crippen LogP) is 10.6. The van der Waals surface area contributed by atoms with Gasteiger partial charge in [-0.2, -0.15) is 16.8 Å². The van der Waals surface area contributed by atoms with Gasteiger partial charge >= 0.3 is 23.9 Å². The molecule has 84 heavy (non-hydrogen) atoms. The van der Waals surface area contributed by atoms with Crippen LogP contribution in [0.4, 0.5) is 0 Å². The van der Waals surface area contributed by atoms with Gasteiger partial charge in [-0.15, -0.1) is 0 Å². The first-order valence-electron chi connectivity index (χ1n) is 27.2. The van der Waals surface area contributed by atoms with Crippen LogP contribution in [0.3, 0.4) is 0 Å². The number of nitrogens with one attached hydrogen (secondary N) is 2. The molecule has 434 valence electrons. The third-order valence-electron chi connectivity index (χ3n) is 14.8. The van der Waals surface area contributed by atoms with Gasteiger partial charge in [-0.1, -0.05) is 206 Å². The fraction of sp³-hybridized carbons (Fsp3) is 0.212. The molecule has 8 aromatic rings. The Morgan fingerprint density at radius 1 is 0.357 bits per heavy atom. The molecular formula is C66H64N2O14S2. The van der Waals surface area contributed by atoms with Crippen molar-refractivity contribution in [2.24, 2.45) is 11.8 Å². The molecule has 8 aromatic carbocycles. The van der Waals surface area contributed by atoms with Crippen molar-refractivity contribution >= 4 is 44.1 Å². The molecule has 0 fully saturated rings. The molecular weight excluding hydrogens is 1110 g/mol. The van der Waals surface area contributed by atoms with E-state index >= 15 is 0 Å². The van der Waals surface area contributed by atoms with E-state index in [0.717, 1.165) is 33.4 Å². The van der Waals surface area contributed by atoms with Gasteiger partial charge in [0.1, 0.15) is 12.1 Å². The van der Waals surface area contributed by atoms with E-state index in [-0.39, 0.29) is 61.5 Å². The molecule has 0 aliphatic rings. The summed E-state index contributed by atoms with van der Waals surface area (Å²) in [7, 11) is -8.68. The molecule has 8 rings (SSSR count). The van der Waals surface area contributed by atoms with E-state index in [2.05, 4.69) is 10.6 Å². The molecule has 0 aliphatic heterocycles. The van der Waals surface area contributed by atoms with Crippen LogP contribution >= 0.6 is 0 Å². The summed E-state index contributed by atoms with van der Waals surface area (Å²) in [6, 6.07) is 64.2. The van der Waals surface area contributed by atoms with Gasteiger partial charge in [-0.05, 0) is 107 Å². The number of carboxylic acid groups (broad SMARTS) is 4. The summed E-state index contributed by atoms with van der Waals surface area (Å²) in [5.41, 5.74) is 3.06. The van der Waals surface area contributed by atoms with Crippen molar-refractivity contribution in [3.05, 3.63) is 264 Å². The van der Waals surface area contributed by atoms with Crippen LogP contribution in [0, 0.1) is 11.8 Å². The van der Waals surface area contributed by atoms with Crippen LogP contribution in [0.25, 0.3) is 11.1 Å². The summed E-state index contributed by atoms with van der Waals surface area (Å²) < 4.78 is 63.9. The van der Waals surface area contributed by atoms with E-state index < -0.39 is 79.1 Å². The largest absolute Gasteiger partial charge is 0.481 e. The smallest absolute Gasteiger partial charge is 0.320 e. The van der Waals surface area contributed by atoms with E-state index in [0.29, 0.717) is 11.1 Å². The zero-order valence-electron chi connectivity index (χ0n) is 45.6. The second kappa shape index (κ2) is 28.1. The Labute approximate surface area is 488 Å².